The van der Waals surface area contributed by atoms with E-state index in [0.717, 1.165) is 17.0 Å². The van der Waals surface area contributed by atoms with Gasteiger partial charge in [0.1, 0.15) is 10.3 Å². The number of hydrogen-bond acceptors (Lipinski definition) is 6. The van der Waals surface area contributed by atoms with Crippen LogP contribution in [0.1, 0.15) is 30.8 Å². The van der Waals surface area contributed by atoms with Gasteiger partial charge in [-0.1, -0.05) is 11.4 Å². The van der Waals surface area contributed by atoms with E-state index in [1.54, 1.807) is 6.92 Å². The monoisotopic (exact) mass is 244 g/mol. The van der Waals surface area contributed by atoms with Crippen molar-refractivity contribution in [2.24, 2.45) is 0 Å². The Balaban J connectivity index is 2.37. The van der Waals surface area contributed by atoms with Crippen molar-refractivity contribution in [1.82, 2.24) is 19.8 Å². The molecule has 0 saturated carbocycles. The number of halogens is 1. The largest absolute Gasteiger partial charge is 0.418 e. The average Bonchev–Trinajstić information content (AvgIpc) is 2.85. The van der Waals surface area contributed by atoms with Crippen molar-refractivity contribution in [1.29, 1.82) is 0 Å². The van der Waals surface area contributed by atoms with E-state index in [9.17, 15) is 0 Å². The van der Waals surface area contributed by atoms with Crippen LogP contribution in [0.25, 0.3) is 10.8 Å². The minimum Gasteiger partial charge on any atom is -0.418 e. The Morgan fingerprint density at radius 1 is 1.40 bits per heavy atom. The van der Waals surface area contributed by atoms with Crippen LogP contribution in [0.4, 0.5) is 0 Å². The fourth-order valence-corrected chi connectivity index (χ4v) is 1.85. The average molecular weight is 245 g/mol. The molecular formula is C8H9ClN4OS. The van der Waals surface area contributed by atoms with Crippen molar-refractivity contribution >= 4 is 23.1 Å². The second-order valence-corrected chi connectivity index (χ2v) is 4.37. The molecule has 1 unspecified atom stereocenters. The Kier molecular flexibility index (Phi) is 2.97. The maximum Gasteiger partial charge on any atom is 0.261 e. The summed E-state index contributed by atoms with van der Waals surface area (Å²) in [6.45, 7) is 3.78. The molecule has 0 radical (unpaired) electrons. The van der Waals surface area contributed by atoms with Crippen LogP contribution in [-0.4, -0.2) is 19.8 Å². The highest BCUT2D eigenvalue weighted by atomic mass is 35.5. The van der Waals surface area contributed by atoms with Crippen LogP contribution in [-0.2, 0) is 6.42 Å². The Morgan fingerprint density at radius 2 is 2.20 bits per heavy atom. The molecule has 80 valence electrons. The Labute approximate surface area is 95.6 Å². The van der Waals surface area contributed by atoms with Crippen LogP contribution < -0.4 is 0 Å². The van der Waals surface area contributed by atoms with E-state index >= 15 is 0 Å². The lowest BCUT2D eigenvalue weighted by Gasteiger charge is -1.92. The van der Waals surface area contributed by atoms with Gasteiger partial charge in [-0.25, -0.2) is 0 Å². The van der Waals surface area contributed by atoms with Crippen LogP contribution >= 0.6 is 23.1 Å². The zero-order valence-electron chi connectivity index (χ0n) is 8.27. The van der Waals surface area contributed by atoms with Crippen LogP contribution in [0.5, 0.6) is 0 Å². The molecule has 0 amide bonds. The van der Waals surface area contributed by atoms with E-state index in [4.69, 9.17) is 16.0 Å². The van der Waals surface area contributed by atoms with E-state index < -0.39 is 0 Å². The first-order valence-electron chi connectivity index (χ1n) is 4.51. The third kappa shape index (κ3) is 2.00. The molecule has 0 fully saturated rings. The summed E-state index contributed by atoms with van der Waals surface area (Å²) in [7, 11) is 0. The zero-order valence-corrected chi connectivity index (χ0v) is 9.84. The molecule has 5 nitrogen and oxygen atoms in total. The molecule has 0 bridgehead atoms. The van der Waals surface area contributed by atoms with Gasteiger partial charge in [0.05, 0.1) is 5.69 Å². The summed E-state index contributed by atoms with van der Waals surface area (Å²) >= 11 is 7.08. The van der Waals surface area contributed by atoms with Gasteiger partial charge in [-0.2, -0.15) is 0 Å². The second kappa shape index (κ2) is 4.24. The predicted octanol–water partition coefficient (Wildman–Crippen LogP) is 2.45. The molecular weight excluding hydrogens is 236 g/mol. The third-order valence-corrected chi connectivity index (χ3v) is 2.81. The summed E-state index contributed by atoms with van der Waals surface area (Å²) in [6.07, 6.45) is 0.792. The standard InChI is InChI=1S/C8H9ClN4OS/c1-3-5-6(15-13-10-5)8-12-11-7(14-8)4(2)9/h4H,3H2,1-2H3. The molecule has 15 heavy (non-hydrogen) atoms. The molecule has 0 aliphatic rings. The van der Waals surface area contributed by atoms with Gasteiger partial charge in [-0.05, 0) is 24.9 Å². The van der Waals surface area contributed by atoms with Crippen LogP contribution in [0.3, 0.4) is 0 Å². The number of nitrogens with zero attached hydrogens (tertiary/aromatic N) is 4. The quantitative estimate of drug-likeness (QED) is 0.776. The van der Waals surface area contributed by atoms with Gasteiger partial charge < -0.3 is 4.42 Å². The summed E-state index contributed by atoms with van der Waals surface area (Å²) in [4.78, 5) is 0.827. The van der Waals surface area contributed by atoms with Crippen molar-refractivity contribution in [3.63, 3.8) is 0 Å². The molecule has 0 aliphatic heterocycles. The van der Waals surface area contributed by atoms with Crippen LogP contribution in [0.15, 0.2) is 4.42 Å². The topological polar surface area (TPSA) is 64.7 Å². The highest BCUT2D eigenvalue weighted by molar-refractivity contribution is 7.09. The molecule has 2 rings (SSSR count). The normalized spacial score (nSPS) is 13.0. The molecule has 2 aromatic heterocycles. The van der Waals surface area contributed by atoms with Gasteiger partial charge in [-0.15, -0.1) is 26.9 Å². The van der Waals surface area contributed by atoms with Crippen LogP contribution in [0.2, 0.25) is 0 Å². The highest BCUT2D eigenvalue weighted by Gasteiger charge is 2.17. The minimum atomic E-state index is -0.280. The van der Waals surface area contributed by atoms with Crippen molar-refractivity contribution in [3.05, 3.63) is 11.6 Å². The predicted molar refractivity (Wildman–Crippen MR) is 56.8 cm³/mol. The first-order chi connectivity index (χ1) is 7.22. The van der Waals surface area contributed by atoms with Crippen molar-refractivity contribution in [2.75, 3.05) is 0 Å². The Morgan fingerprint density at radius 3 is 2.80 bits per heavy atom. The molecule has 0 aliphatic carbocycles. The van der Waals surface area contributed by atoms with Gasteiger partial charge in [0.15, 0.2) is 0 Å². The van der Waals surface area contributed by atoms with Crippen molar-refractivity contribution < 1.29 is 4.42 Å². The molecule has 2 aromatic rings. The van der Waals surface area contributed by atoms with Crippen LogP contribution in [0, 0.1) is 0 Å². The van der Waals surface area contributed by atoms with E-state index in [2.05, 4.69) is 19.8 Å². The maximum absolute atomic E-state index is 5.83. The molecule has 0 N–H and O–H groups in total. The summed E-state index contributed by atoms with van der Waals surface area (Å²) in [6, 6.07) is 0. The zero-order chi connectivity index (χ0) is 10.8. The van der Waals surface area contributed by atoms with E-state index in [1.807, 2.05) is 6.92 Å². The lowest BCUT2D eigenvalue weighted by atomic mass is 10.3. The second-order valence-electron chi connectivity index (χ2n) is 2.96. The first-order valence-corrected chi connectivity index (χ1v) is 5.72. The van der Waals surface area contributed by atoms with Crippen molar-refractivity contribution in [2.45, 2.75) is 25.6 Å². The Bertz CT molecular complexity index is 453. The summed E-state index contributed by atoms with van der Waals surface area (Å²) in [5.74, 6) is 0.867. The molecule has 0 aromatic carbocycles. The minimum absolute atomic E-state index is 0.280. The molecule has 2 heterocycles. The number of aromatic nitrogens is 4. The molecule has 0 spiro atoms. The number of rotatable bonds is 3. The number of alkyl halides is 1. The molecule has 0 saturated heterocycles. The summed E-state index contributed by atoms with van der Waals surface area (Å²) in [5, 5.41) is 11.5. The fourth-order valence-electron chi connectivity index (χ4n) is 1.09. The lowest BCUT2D eigenvalue weighted by Crippen LogP contribution is -1.84. The highest BCUT2D eigenvalue weighted by Crippen LogP contribution is 2.27. The SMILES string of the molecule is CCc1nnsc1-c1nnc(C(C)Cl)o1. The van der Waals surface area contributed by atoms with Crippen molar-refractivity contribution in [3.8, 4) is 10.8 Å². The van der Waals surface area contributed by atoms with E-state index in [0.29, 0.717) is 11.8 Å². The van der Waals surface area contributed by atoms with E-state index in [-0.39, 0.29) is 5.38 Å². The maximum atomic E-state index is 5.83. The van der Waals surface area contributed by atoms with Gasteiger partial charge in [0, 0.05) is 0 Å². The molecule has 7 heteroatoms. The van der Waals surface area contributed by atoms with E-state index in [1.165, 1.54) is 11.5 Å². The third-order valence-electron chi connectivity index (χ3n) is 1.87. The summed E-state index contributed by atoms with van der Waals surface area (Å²) in [5.41, 5.74) is 0.873. The van der Waals surface area contributed by atoms with Gasteiger partial charge in [0.2, 0.25) is 5.89 Å². The number of hydrogen-bond donors (Lipinski definition) is 0. The Hall–Kier alpha value is -1.01. The fraction of sp³-hybridized carbons (Fsp3) is 0.500. The van der Waals surface area contributed by atoms with Gasteiger partial charge in [0.25, 0.3) is 5.89 Å². The first kappa shape index (κ1) is 10.5. The smallest absolute Gasteiger partial charge is 0.261 e. The van der Waals surface area contributed by atoms with Gasteiger partial charge >= 0.3 is 0 Å². The number of aryl methyl sites for hydroxylation is 1. The lowest BCUT2D eigenvalue weighted by molar-refractivity contribution is 0.507. The summed E-state index contributed by atoms with van der Waals surface area (Å²) < 4.78 is 9.26. The van der Waals surface area contributed by atoms with Gasteiger partial charge in [-0.3, -0.25) is 0 Å². The molecule has 1 atom stereocenters.